The van der Waals surface area contributed by atoms with Crippen LogP contribution in [0.4, 0.5) is 0 Å². The third kappa shape index (κ3) is 9.05. The summed E-state index contributed by atoms with van der Waals surface area (Å²) in [5, 5.41) is 5.24. The molecule has 0 aliphatic heterocycles. The summed E-state index contributed by atoms with van der Waals surface area (Å²) in [5.74, 6) is -0.914. The molecule has 2 atom stereocenters. The molecule has 0 aromatic carbocycles. The van der Waals surface area contributed by atoms with E-state index in [-0.39, 0.29) is 30.7 Å². The summed E-state index contributed by atoms with van der Waals surface area (Å²) < 4.78 is 5.34. The average Bonchev–Trinajstić information content (AvgIpc) is 2.32. The Hall–Kier alpha value is -1.59. The number of hydrogen-bond donors (Lipinski definition) is 2. The van der Waals surface area contributed by atoms with Gasteiger partial charge < -0.3 is 15.4 Å². The van der Waals surface area contributed by atoms with Crippen LogP contribution in [-0.2, 0) is 19.1 Å². The van der Waals surface area contributed by atoms with Crippen molar-refractivity contribution in [1.82, 2.24) is 10.6 Å². The molecule has 0 saturated carbocycles. The van der Waals surface area contributed by atoms with Gasteiger partial charge in [0.05, 0.1) is 0 Å². The van der Waals surface area contributed by atoms with Gasteiger partial charge in [0.15, 0.2) is 0 Å². The summed E-state index contributed by atoms with van der Waals surface area (Å²) in [5.41, 5.74) is -0.594. The molecule has 0 bridgehead atoms. The van der Waals surface area contributed by atoms with E-state index >= 15 is 0 Å². The quantitative estimate of drug-likeness (QED) is 0.696. The number of hydrogen-bond acceptors (Lipinski definition) is 4. The largest absolute Gasteiger partial charge is 0.458 e. The van der Waals surface area contributed by atoms with Gasteiger partial charge in [-0.05, 0) is 26.7 Å². The second kappa shape index (κ2) is 8.64. The summed E-state index contributed by atoms with van der Waals surface area (Å²) in [4.78, 5) is 34.8. The molecule has 0 saturated heterocycles. The molecule has 0 fully saturated rings. The first kappa shape index (κ1) is 19.4. The van der Waals surface area contributed by atoms with Crippen LogP contribution in [0.3, 0.4) is 0 Å². The Bertz CT molecular complexity index is 374. The van der Waals surface area contributed by atoms with Crippen LogP contribution >= 0.6 is 0 Å². The van der Waals surface area contributed by atoms with Crippen LogP contribution in [-0.4, -0.2) is 36.0 Å². The van der Waals surface area contributed by atoms with E-state index in [2.05, 4.69) is 10.6 Å². The van der Waals surface area contributed by atoms with Crippen molar-refractivity contribution in [3.05, 3.63) is 0 Å². The predicted octanol–water partition coefficient (Wildman–Crippen LogP) is 1.39. The fourth-order valence-electron chi connectivity index (χ4n) is 1.63. The summed E-state index contributed by atoms with van der Waals surface area (Å²) >= 11 is 0. The fraction of sp³-hybridized carbons (Fsp3) is 0.800. The van der Waals surface area contributed by atoms with Gasteiger partial charge in [0.1, 0.15) is 11.6 Å². The molecule has 0 heterocycles. The number of nitrogens with one attached hydrogen (secondary N) is 2. The number of amides is 2. The van der Waals surface area contributed by atoms with E-state index in [0.717, 1.165) is 6.42 Å². The van der Waals surface area contributed by atoms with Crippen LogP contribution in [0.2, 0.25) is 0 Å². The van der Waals surface area contributed by atoms with E-state index in [1.165, 1.54) is 6.92 Å². The zero-order valence-corrected chi connectivity index (χ0v) is 13.9. The molecular formula is C15H28N2O4. The zero-order valence-electron chi connectivity index (χ0n) is 13.9. The Balaban J connectivity index is 4.59. The molecule has 6 nitrogen and oxygen atoms in total. The monoisotopic (exact) mass is 300 g/mol. The highest BCUT2D eigenvalue weighted by molar-refractivity contribution is 5.85. The Kier molecular flexibility index (Phi) is 7.99. The molecule has 2 amide bonds. The summed E-state index contributed by atoms with van der Waals surface area (Å²) in [6.45, 7) is 10.9. The van der Waals surface area contributed by atoms with Crippen LogP contribution in [0.5, 0.6) is 0 Å². The minimum atomic E-state index is -0.668. The van der Waals surface area contributed by atoms with Crippen LogP contribution in [0, 0.1) is 5.92 Å². The van der Waals surface area contributed by atoms with E-state index < -0.39 is 17.6 Å². The molecule has 0 aliphatic carbocycles. The van der Waals surface area contributed by atoms with Crippen LogP contribution in [0.15, 0.2) is 0 Å². The van der Waals surface area contributed by atoms with Crippen LogP contribution in [0.1, 0.15) is 54.4 Å². The molecule has 0 radical (unpaired) electrons. The molecule has 0 rings (SSSR count). The molecule has 6 heteroatoms. The van der Waals surface area contributed by atoms with Crippen molar-refractivity contribution in [2.45, 2.75) is 66.0 Å². The van der Waals surface area contributed by atoms with E-state index in [0.29, 0.717) is 0 Å². The highest BCUT2D eigenvalue weighted by Crippen LogP contribution is 2.14. The van der Waals surface area contributed by atoms with E-state index in [1.807, 2.05) is 13.8 Å². The lowest BCUT2D eigenvalue weighted by Crippen LogP contribution is -2.48. The zero-order chi connectivity index (χ0) is 16.6. The minimum absolute atomic E-state index is 0.0235. The first-order valence-electron chi connectivity index (χ1n) is 7.33. The van der Waals surface area contributed by atoms with Crippen LogP contribution in [0.25, 0.3) is 0 Å². The first-order valence-corrected chi connectivity index (χ1v) is 7.33. The molecule has 2 N–H and O–H groups in total. The molecular weight excluding hydrogens is 272 g/mol. The number of ether oxygens (including phenoxy) is 1. The van der Waals surface area contributed by atoms with Gasteiger partial charge in [-0.15, -0.1) is 0 Å². The Labute approximate surface area is 127 Å². The SMILES string of the molecule is CCC(C)[C@H](NC(=O)CCNC(C)=O)C(=O)OC(C)(C)C. The standard InChI is InChI=1S/C15H28N2O4/c1-7-10(2)13(14(20)21-15(4,5)6)17-12(19)8-9-16-11(3)18/h10,13H,7-9H2,1-6H3,(H,16,18)(H,17,19)/t10?,13-/m0/s1. The van der Waals surface area contributed by atoms with Crippen molar-refractivity contribution in [2.24, 2.45) is 5.92 Å². The lowest BCUT2D eigenvalue weighted by Gasteiger charge is -2.27. The summed E-state index contributed by atoms with van der Waals surface area (Å²) in [6, 6.07) is -0.668. The van der Waals surface area contributed by atoms with Crippen molar-refractivity contribution in [2.75, 3.05) is 6.54 Å². The molecule has 0 aromatic rings. The molecule has 0 aromatic heterocycles. The van der Waals surface area contributed by atoms with Gasteiger partial charge in [0.25, 0.3) is 0 Å². The third-order valence-corrected chi connectivity index (χ3v) is 2.92. The normalized spacial score (nSPS) is 14.0. The summed E-state index contributed by atoms with van der Waals surface area (Å²) in [6.07, 6.45) is 0.880. The van der Waals surface area contributed by atoms with Crippen molar-refractivity contribution < 1.29 is 19.1 Å². The second-order valence-electron chi connectivity index (χ2n) is 6.20. The topological polar surface area (TPSA) is 84.5 Å². The molecule has 0 aliphatic rings. The molecule has 21 heavy (non-hydrogen) atoms. The number of carbonyl (C=O) groups is 3. The summed E-state index contributed by atoms with van der Waals surface area (Å²) in [7, 11) is 0. The van der Waals surface area contributed by atoms with E-state index in [9.17, 15) is 14.4 Å². The fourth-order valence-corrected chi connectivity index (χ4v) is 1.63. The van der Waals surface area contributed by atoms with Crippen LogP contribution < -0.4 is 10.6 Å². The minimum Gasteiger partial charge on any atom is -0.458 e. The number of carbonyl (C=O) groups excluding carboxylic acids is 3. The van der Waals surface area contributed by atoms with Gasteiger partial charge >= 0.3 is 5.97 Å². The van der Waals surface area contributed by atoms with Gasteiger partial charge in [-0.1, -0.05) is 20.3 Å². The highest BCUT2D eigenvalue weighted by Gasteiger charge is 2.30. The maximum Gasteiger partial charge on any atom is 0.329 e. The lowest BCUT2D eigenvalue weighted by molar-refractivity contribution is -0.160. The number of esters is 1. The first-order chi connectivity index (χ1) is 9.56. The Morgan fingerprint density at radius 1 is 1.19 bits per heavy atom. The van der Waals surface area contributed by atoms with Gasteiger partial charge in [0, 0.05) is 19.9 Å². The maximum absolute atomic E-state index is 12.2. The molecule has 1 unspecified atom stereocenters. The Morgan fingerprint density at radius 2 is 1.76 bits per heavy atom. The van der Waals surface area contributed by atoms with Gasteiger partial charge in [0.2, 0.25) is 11.8 Å². The third-order valence-electron chi connectivity index (χ3n) is 2.92. The Morgan fingerprint density at radius 3 is 2.19 bits per heavy atom. The van der Waals surface area contributed by atoms with Gasteiger partial charge in [-0.25, -0.2) is 4.79 Å². The van der Waals surface area contributed by atoms with E-state index in [1.54, 1.807) is 20.8 Å². The van der Waals surface area contributed by atoms with Gasteiger partial charge in [-0.3, -0.25) is 9.59 Å². The number of rotatable bonds is 7. The smallest absolute Gasteiger partial charge is 0.329 e. The maximum atomic E-state index is 12.2. The van der Waals surface area contributed by atoms with E-state index in [4.69, 9.17) is 4.74 Å². The average molecular weight is 300 g/mol. The molecule has 122 valence electrons. The second-order valence-corrected chi connectivity index (χ2v) is 6.20. The highest BCUT2D eigenvalue weighted by atomic mass is 16.6. The lowest BCUT2D eigenvalue weighted by atomic mass is 9.98. The predicted molar refractivity (Wildman–Crippen MR) is 80.5 cm³/mol. The van der Waals surface area contributed by atoms with Crippen molar-refractivity contribution in [3.8, 4) is 0 Å². The van der Waals surface area contributed by atoms with Crippen molar-refractivity contribution in [1.29, 1.82) is 0 Å². The van der Waals surface area contributed by atoms with Gasteiger partial charge in [-0.2, -0.15) is 0 Å². The van der Waals surface area contributed by atoms with Crippen molar-refractivity contribution >= 4 is 17.8 Å². The molecule has 0 spiro atoms. The van der Waals surface area contributed by atoms with Crippen molar-refractivity contribution in [3.63, 3.8) is 0 Å².